The molecule has 0 fully saturated rings. The van der Waals surface area contributed by atoms with Gasteiger partial charge in [-0.3, -0.25) is 0 Å². The summed E-state index contributed by atoms with van der Waals surface area (Å²) in [4.78, 5) is 10.7. The molecule has 0 unspecified atom stereocenters. The van der Waals surface area contributed by atoms with Crippen LogP contribution in [0.2, 0.25) is 0 Å². The molecule has 0 saturated heterocycles. The summed E-state index contributed by atoms with van der Waals surface area (Å²) in [7, 11) is 1.38. The molecule has 0 N–H and O–H groups in total. The Bertz CT molecular complexity index is 238. The summed E-state index contributed by atoms with van der Waals surface area (Å²) >= 11 is 0. The monoisotopic (exact) mass is 279 g/mol. The van der Waals surface area contributed by atoms with Gasteiger partial charge in [0.2, 0.25) is 6.54 Å². The van der Waals surface area contributed by atoms with Crippen LogP contribution < -0.4 is 28.5 Å². The lowest BCUT2D eigenvalue weighted by atomic mass is 10.5. The van der Waals surface area contributed by atoms with Crippen LogP contribution in [0.15, 0.2) is 30.6 Å². The fraction of sp³-hybridized carbons (Fsp3) is 0.250. The van der Waals surface area contributed by atoms with Crippen LogP contribution in [0, 0.1) is 0 Å². The minimum atomic E-state index is -0.235. The van der Waals surface area contributed by atoms with Gasteiger partial charge in [0, 0.05) is 12.1 Å². The van der Waals surface area contributed by atoms with Crippen molar-refractivity contribution < 1.29 is 38.1 Å². The molecule has 0 saturated carbocycles. The van der Waals surface area contributed by atoms with Crippen molar-refractivity contribution in [3.63, 3.8) is 0 Å². The van der Waals surface area contributed by atoms with E-state index in [-0.39, 0.29) is 36.5 Å². The summed E-state index contributed by atoms with van der Waals surface area (Å²) in [6.45, 7) is 0.275. The second-order valence-electron chi connectivity index (χ2n) is 2.12. The first-order chi connectivity index (χ1) is 5.33. The van der Waals surface area contributed by atoms with Crippen LogP contribution in [-0.4, -0.2) is 13.1 Å². The SMILES string of the molecule is COC(=O)C[n+]1ccccc1.[I-]. The molecule has 12 heavy (non-hydrogen) atoms. The molecule has 0 spiro atoms. The molecule has 0 aliphatic rings. The summed E-state index contributed by atoms with van der Waals surface area (Å²) < 4.78 is 6.25. The van der Waals surface area contributed by atoms with Gasteiger partial charge in [-0.25, -0.2) is 4.79 Å². The van der Waals surface area contributed by atoms with E-state index in [1.54, 1.807) is 4.57 Å². The van der Waals surface area contributed by atoms with E-state index >= 15 is 0 Å². The summed E-state index contributed by atoms with van der Waals surface area (Å²) in [5.74, 6) is -0.235. The normalized spacial score (nSPS) is 8.42. The number of ether oxygens (including phenoxy) is 1. The van der Waals surface area contributed by atoms with Crippen LogP contribution in [0.4, 0.5) is 0 Å². The Morgan fingerprint density at radius 2 is 1.92 bits per heavy atom. The van der Waals surface area contributed by atoms with Gasteiger partial charge in [-0.1, -0.05) is 6.07 Å². The van der Waals surface area contributed by atoms with Gasteiger partial charge in [-0.15, -0.1) is 0 Å². The molecular weight excluding hydrogens is 269 g/mol. The second kappa shape index (κ2) is 5.93. The Kier molecular flexibility index (Phi) is 5.61. The minimum absolute atomic E-state index is 0. The number of rotatable bonds is 2. The zero-order valence-electron chi connectivity index (χ0n) is 6.74. The summed E-state index contributed by atoms with van der Waals surface area (Å²) in [6.07, 6.45) is 3.63. The molecule has 1 aromatic heterocycles. The van der Waals surface area contributed by atoms with Crippen molar-refractivity contribution in [3.8, 4) is 0 Å². The first-order valence-electron chi connectivity index (χ1n) is 3.34. The molecule has 0 aliphatic heterocycles. The summed E-state index contributed by atoms with van der Waals surface area (Å²) in [5, 5.41) is 0. The van der Waals surface area contributed by atoms with Crippen LogP contribution in [0.5, 0.6) is 0 Å². The number of halogens is 1. The molecule has 1 heterocycles. The van der Waals surface area contributed by atoms with E-state index in [0.29, 0.717) is 0 Å². The highest BCUT2D eigenvalue weighted by Crippen LogP contribution is 1.78. The van der Waals surface area contributed by atoms with Crippen molar-refractivity contribution in [1.29, 1.82) is 0 Å². The highest BCUT2D eigenvalue weighted by atomic mass is 127. The van der Waals surface area contributed by atoms with Crippen molar-refractivity contribution in [3.05, 3.63) is 30.6 Å². The van der Waals surface area contributed by atoms with Gasteiger partial charge in [0.05, 0.1) is 7.11 Å². The molecule has 0 bridgehead atoms. The molecular formula is C8H10INO2. The predicted molar refractivity (Wildman–Crippen MR) is 38.7 cm³/mol. The third-order valence-corrected chi connectivity index (χ3v) is 1.32. The lowest BCUT2D eigenvalue weighted by Gasteiger charge is -1.93. The van der Waals surface area contributed by atoms with E-state index in [9.17, 15) is 4.79 Å². The molecule has 0 amide bonds. The van der Waals surface area contributed by atoms with Gasteiger partial charge < -0.3 is 28.7 Å². The Morgan fingerprint density at radius 1 is 1.33 bits per heavy atom. The third kappa shape index (κ3) is 3.66. The number of methoxy groups -OCH3 is 1. The number of carbonyl (C=O) groups is 1. The molecule has 0 atom stereocenters. The van der Waals surface area contributed by atoms with Crippen molar-refractivity contribution in [2.45, 2.75) is 6.54 Å². The maximum atomic E-state index is 10.7. The van der Waals surface area contributed by atoms with Crippen LogP contribution >= 0.6 is 0 Å². The Balaban J connectivity index is 0.00000121. The Hall–Kier alpha value is -0.650. The van der Waals surface area contributed by atoms with Gasteiger partial charge in [-0.05, 0) is 0 Å². The number of aromatic nitrogens is 1. The quantitative estimate of drug-likeness (QED) is 0.331. The standard InChI is InChI=1S/C8H10NO2.HI/c1-11-8(10)7-9-5-3-2-4-6-9;/h2-6H,7H2,1H3;1H/q+1;/p-1. The van der Waals surface area contributed by atoms with Crippen LogP contribution in [0.1, 0.15) is 0 Å². The van der Waals surface area contributed by atoms with Gasteiger partial charge >= 0.3 is 5.97 Å². The van der Waals surface area contributed by atoms with Crippen LogP contribution in [0.3, 0.4) is 0 Å². The van der Waals surface area contributed by atoms with E-state index in [4.69, 9.17) is 0 Å². The van der Waals surface area contributed by atoms with E-state index < -0.39 is 0 Å². The highest BCUT2D eigenvalue weighted by Gasteiger charge is 2.06. The fourth-order valence-electron chi connectivity index (χ4n) is 0.753. The lowest BCUT2D eigenvalue weighted by Crippen LogP contribution is -3.00. The summed E-state index contributed by atoms with van der Waals surface area (Å²) in [6, 6.07) is 5.62. The summed E-state index contributed by atoms with van der Waals surface area (Å²) in [5.41, 5.74) is 0. The number of pyridine rings is 1. The first-order valence-corrected chi connectivity index (χ1v) is 3.34. The second-order valence-corrected chi connectivity index (χ2v) is 2.12. The molecule has 0 aliphatic carbocycles. The number of hydrogen-bond acceptors (Lipinski definition) is 2. The largest absolute Gasteiger partial charge is 1.00 e. The van der Waals surface area contributed by atoms with Gasteiger partial charge in [0.15, 0.2) is 12.4 Å². The highest BCUT2D eigenvalue weighted by molar-refractivity contribution is 5.67. The smallest absolute Gasteiger partial charge is 0.372 e. The van der Waals surface area contributed by atoms with Crippen molar-refractivity contribution in [1.82, 2.24) is 0 Å². The fourth-order valence-corrected chi connectivity index (χ4v) is 0.753. The number of hydrogen-bond donors (Lipinski definition) is 0. The molecule has 66 valence electrons. The lowest BCUT2D eigenvalue weighted by molar-refractivity contribution is -0.685. The van der Waals surface area contributed by atoms with Gasteiger partial charge in [0.1, 0.15) is 0 Å². The maximum Gasteiger partial charge on any atom is 0.372 e. The average Bonchev–Trinajstić information content (AvgIpc) is 2.06. The molecule has 0 radical (unpaired) electrons. The Labute approximate surface area is 88.4 Å². The zero-order chi connectivity index (χ0) is 8.10. The molecule has 1 aromatic rings. The molecule has 3 nitrogen and oxygen atoms in total. The van der Waals surface area contributed by atoms with Crippen LogP contribution in [-0.2, 0) is 16.1 Å². The molecule has 0 aromatic carbocycles. The first kappa shape index (κ1) is 11.4. The van der Waals surface area contributed by atoms with Crippen molar-refractivity contribution in [2.24, 2.45) is 0 Å². The van der Waals surface area contributed by atoms with E-state index in [2.05, 4.69) is 4.74 Å². The minimum Gasteiger partial charge on any atom is -1.00 e. The third-order valence-electron chi connectivity index (χ3n) is 1.32. The van der Waals surface area contributed by atoms with Crippen molar-refractivity contribution in [2.75, 3.05) is 7.11 Å². The van der Waals surface area contributed by atoms with E-state index in [1.165, 1.54) is 7.11 Å². The molecule has 1 rings (SSSR count). The number of esters is 1. The average molecular weight is 279 g/mol. The van der Waals surface area contributed by atoms with Crippen molar-refractivity contribution >= 4 is 5.97 Å². The van der Waals surface area contributed by atoms with Gasteiger partial charge in [-0.2, -0.15) is 4.57 Å². The van der Waals surface area contributed by atoms with Crippen LogP contribution in [0.25, 0.3) is 0 Å². The molecule has 4 heteroatoms. The van der Waals surface area contributed by atoms with Gasteiger partial charge in [0.25, 0.3) is 0 Å². The Morgan fingerprint density at radius 3 is 2.42 bits per heavy atom. The number of nitrogens with zero attached hydrogens (tertiary/aromatic N) is 1. The van der Waals surface area contributed by atoms with E-state index in [0.717, 1.165) is 0 Å². The topological polar surface area (TPSA) is 30.2 Å². The van der Waals surface area contributed by atoms with E-state index in [1.807, 2.05) is 30.6 Å². The zero-order valence-corrected chi connectivity index (χ0v) is 8.89. The maximum absolute atomic E-state index is 10.7. The number of carbonyl (C=O) groups excluding carboxylic acids is 1. The predicted octanol–water partition coefficient (Wildman–Crippen LogP) is -2.85.